The van der Waals surface area contributed by atoms with E-state index in [0.717, 1.165) is 11.1 Å². The minimum Gasteiger partial charge on any atom is -0.508 e. The molecule has 1 aromatic heterocycles. The van der Waals surface area contributed by atoms with Crippen LogP contribution in [-0.4, -0.2) is 38.6 Å². The summed E-state index contributed by atoms with van der Waals surface area (Å²) in [6, 6.07) is 23.7. The molecule has 1 aliphatic heterocycles. The van der Waals surface area contributed by atoms with Crippen molar-refractivity contribution in [1.82, 2.24) is 14.8 Å². The van der Waals surface area contributed by atoms with Gasteiger partial charge < -0.3 is 15.2 Å². The first-order valence-electron chi connectivity index (χ1n) is 11.4. The number of carbonyl (C=O) groups is 1. The smallest absolute Gasteiger partial charge is 0.249 e. The van der Waals surface area contributed by atoms with Gasteiger partial charge in [-0.05, 0) is 42.3 Å². The number of benzene rings is 3. The average Bonchev–Trinajstić information content (AvgIpc) is 3.29. The van der Waals surface area contributed by atoms with E-state index in [1.807, 2.05) is 43.3 Å². The third-order valence-corrected chi connectivity index (χ3v) is 6.88. The van der Waals surface area contributed by atoms with Gasteiger partial charge in [-0.2, -0.15) is 4.98 Å². The first-order valence-corrected chi connectivity index (χ1v) is 12.4. The van der Waals surface area contributed by atoms with Gasteiger partial charge in [0.25, 0.3) is 0 Å². The average molecular weight is 500 g/mol. The second kappa shape index (κ2) is 10.2. The number of methoxy groups -OCH3 is 1. The zero-order chi connectivity index (χ0) is 25.1. The van der Waals surface area contributed by atoms with Crippen molar-refractivity contribution in [2.45, 2.75) is 23.9 Å². The fraction of sp³-hybridized carbons (Fsp3) is 0.185. The number of nitrogens with one attached hydrogen (secondary N) is 1. The van der Waals surface area contributed by atoms with Crippen LogP contribution in [0.3, 0.4) is 0 Å². The maximum atomic E-state index is 13.7. The van der Waals surface area contributed by atoms with Crippen molar-refractivity contribution in [1.29, 1.82) is 0 Å². The van der Waals surface area contributed by atoms with Crippen LogP contribution in [0.25, 0.3) is 0 Å². The summed E-state index contributed by atoms with van der Waals surface area (Å²) in [6.07, 6.45) is 0. The van der Waals surface area contributed by atoms with E-state index in [0.29, 0.717) is 34.0 Å². The Labute approximate surface area is 213 Å². The Morgan fingerprint density at radius 3 is 2.64 bits per heavy atom. The lowest BCUT2D eigenvalue weighted by atomic mass is 9.87. The van der Waals surface area contributed by atoms with Gasteiger partial charge in [0, 0.05) is 11.5 Å². The summed E-state index contributed by atoms with van der Waals surface area (Å²) in [7, 11) is 1.56. The lowest BCUT2D eigenvalue weighted by Gasteiger charge is -2.30. The van der Waals surface area contributed by atoms with Crippen molar-refractivity contribution in [3.63, 3.8) is 0 Å². The number of anilines is 1. The van der Waals surface area contributed by atoms with Gasteiger partial charge in [-0.15, -0.1) is 5.10 Å². The molecule has 5 rings (SSSR count). The summed E-state index contributed by atoms with van der Waals surface area (Å²) in [5.41, 5.74) is 3.06. The summed E-state index contributed by atoms with van der Waals surface area (Å²) in [5.74, 6) is 0.870. The standard InChI is InChI=1S/C27H25N5O3S/c1-17-23(25(34)29-21-13-6-7-14-22(21)35-2)24(19-11-8-12-20(33)15-19)32-26(28-17)30-27(31-32)36-16-18-9-4-3-5-10-18/h3-15,23-24,33H,16H2,1-2H3,(H,29,34). The minimum absolute atomic E-state index is 0.108. The summed E-state index contributed by atoms with van der Waals surface area (Å²) >= 11 is 1.51. The minimum atomic E-state index is -0.683. The molecule has 0 saturated heterocycles. The van der Waals surface area contributed by atoms with Crippen LogP contribution in [0.15, 0.2) is 89.0 Å². The van der Waals surface area contributed by atoms with Gasteiger partial charge in [0.15, 0.2) is 0 Å². The molecule has 0 bridgehead atoms. The SMILES string of the molecule is COc1ccccc1NC(=O)C1C(C)=Nc2nc(SCc3ccccc3)nn2C1c1cccc(O)c1. The summed E-state index contributed by atoms with van der Waals surface area (Å²) in [5, 5.41) is 18.5. The molecule has 182 valence electrons. The fourth-order valence-corrected chi connectivity index (χ4v) is 5.05. The highest BCUT2D eigenvalue weighted by Crippen LogP contribution is 2.38. The summed E-state index contributed by atoms with van der Waals surface area (Å²) in [4.78, 5) is 22.9. The van der Waals surface area contributed by atoms with E-state index in [1.54, 1.807) is 42.1 Å². The molecule has 36 heavy (non-hydrogen) atoms. The molecule has 0 saturated carbocycles. The van der Waals surface area contributed by atoms with Crippen LogP contribution in [0.5, 0.6) is 11.5 Å². The zero-order valence-electron chi connectivity index (χ0n) is 19.8. The number of carbonyl (C=O) groups excluding carboxylic acids is 1. The van der Waals surface area contributed by atoms with Crippen molar-refractivity contribution in [2.24, 2.45) is 10.9 Å². The van der Waals surface area contributed by atoms with Gasteiger partial charge in [0.05, 0.1) is 18.8 Å². The Bertz CT molecular complexity index is 1420. The molecule has 0 fully saturated rings. The van der Waals surface area contributed by atoms with Crippen LogP contribution in [0.1, 0.15) is 24.1 Å². The topological polar surface area (TPSA) is 102 Å². The second-order valence-electron chi connectivity index (χ2n) is 8.37. The summed E-state index contributed by atoms with van der Waals surface area (Å²) < 4.78 is 7.08. The highest BCUT2D eigenvalue weighted by Gasteiger charge is 2.39. The molecule has 2 heterocycles. The quantitative estimate of drug-likeness (QED) is 0.338. The zero-order valence-corrected chi connectivity index (χ0v) is 20.6. The molecule has 0 aliphatic carbocycles. The number of hydrogen-bond acceptors (Lipinski definition) is 7. The molecule has 9 heteroatoms. The Kier molecular flexibility index (Phi) is 6.73. The van der Waals surface area contributed by atoms with Gasteiger partial charge in [0.2, 0.25) is 17.0 Å². The Hall–Kier alpha value is -4.11. The van der Waals surface area contributed by atoms with E-state index >= 15 is 0 Å². The van der Waals surface area contributed by atoms with Crippen molar-refractivity contribution in [3.8, 4) is 11.5 Å². The molecule has 2 N–H and O–H groups in total. The number of nitrogens with zero attached hydrogens (tertiary/aromatic N) is 4. The number of rotatable bonds is 7. The molecule has 8 nitrogen and oxygen atoms in total. The maximum Gasteiger partial charge on any atom is 0.249 e. The highest BCUT2D eigenvalue weighted by atomic mass is 32.2. The van der Waals surface area contributed by atoms with Gasteiger partial charge in [0.1, 0.15) is 17.4 Å². The van der Waals surface area contributed by atoms with Gasteiger partial charge >= 0.3 is 0 Å². The number of fused-ring (bicyclic) bond motifs is 1. The number of phenolic OH excluding ortho intramolecular Hbond substituents is 1. The van der Waals surface area contributed by atoms with Crippen LogP contribution in [0, 0.1) is 5.92 Å². The van der Waals surface area contributed by atoms with Crippen LogP contribution < -0.4 is 10.1 Å². The van der Waals surface area contributed by atoms with Crippen LogP contribution >= 0.6 is 11.8 Å². The molecule has 3 aromatic carbocycles. The summed E-state index contributed by atoms with van der Waals surface area (Å²) in [6.45, 7) is 1.82. The Morgan fingerprint density at radius 2 is 1.86 bits per heavy atom. The van der Waals surface area contributed by atoms with Gasteiger partial charge in [-0.25, -0.2) is 9.67 Å². The molecule has 4 aromatic rings. The number of phenols is 1. The van der Waals surface area contributed by atoms with E-state index in [2.05, 4.69) is 27.4 Å². The van der Waals surface area contributed by atoms with Crippen molar-refractivity contribution < 1.29 is 14.6 Å². The van der Waals surface area contributed by atoms with E-state index in [1.165, 1.54) is 11.8 Å². The number of para-hydroxylation sites is 2. The van der Waals surface area contributed by atoms with E-state index in [4.69, 9.17) is 9.84 Å². The number of aromatic hydroxyl groups is 1. The molecule has 1 amide bonds. The number of amides is 1. The molecule has 2 atom stereocenters. The lowest BCUT2D eigenvalue weighted by molar-refractivity contribution is -0.118. The van der Waals surface area contributed by atoms with E-state index < -0.39 is 12.0 Å². The van der Waals surface area contributed by atoms with Crippen molar-refractivity contribution >= 4 is 35.0 Å². The molecular weight excluding hydrogens is 474 g/mol. The van der Waals surface area contributed by atoms with Gasteiger partial charge in [-0.1, -0.05) is 66.4 Å². The van der Waals surface area contributed by atoms with Crippen LogP contribution in [0.2, 0.25) is 0 Å². The fourth-order valence-electron chi connectivity index (χ4n) is 4.27. The van der Waals surface area contributed by atoms with Crippen LogP contribution in [-0.2, 0) is 10.5 Å². The molecule has 0 radical (unpaired) electrons. The lowest BCUT2D eigenvalue weighted by Crippen LogP contribution is -2.39. The number of thioether (sulfide) groups is 1. The number of ether oxygens (including phenoxy) is 1. The predicted molar refractivity (Wildman–Crippen MR) is 140 cm³/mol. The first-order chi connectivity index (χ1) is 17.5. The monoisotopic (exact) mass is 499 g/mol. The van der Waals surface area contributed by atoms with E-state index in [9.17, 15) is 9.90 Å². The normalized spacial score (nSPS) is 16.7. The van der Waals surface area contributed by atoms with Crippen molar-refractivity contribution in [3.05, 3.63) is 90.0 Å². The molecular formula is C27H25N5O3S. The number of aromatic nitrogens is 3. The largest absolute Gasteiger partial charge is 0.508 e. The Morgan fingerprint density at radius 1 is 1.08 bits per heavy atom. The van der Waals surface area contributed by atoms with Crippen LogP contribution in [0.4, 0.5) is 11.6 Å². The third-order valence-electron chi connectivity index (χ3n) is 5.97. The molecule has 2 unspecified atom stereocenters. The van der Waals surface area contributed by atoms with Gasteiger partial charge in [-0.3, -0.25) is 4.79 Å². The highest BCUT2D eigenvalue weighted by molar-refractivity contribution is 7.98. The molecule has 1 aliphatic rings. The number of hydrogen-bond donors (Lipinski definition) is 2. The van der Waals surface area contributed by atoms with Crippen molar-refractivity contribution in [2.75, 3.05) is 12.4 Å². The van der Waals surface area contributed by atoms with E-state index in [-0.39, 0.29) is 11.7 Å². The predicted octanol–water partition coefficient (Wildman–Crippen LogP) is 5.23. The maximum absolute atomic E-state index is 13.7. The third kappa shape index (κ3) is 4.83. The second-order valence-corrected chi connectivity index (χ2v) is 9.32. The Balaban J connectivity index is 1.50. The molecule has 0 spiro atoms. The first kappa shape index (κ1) is 23.6. The number of aliphatic imine (C=N–C) groups is 1.